The molecule has 0 fully saturated rings. The Labute approximate surface area is 160 Å². The Balaban J connectivity index is 1.93. The van der Waals surface area contributed by atoms with Gasteiger partial charge in [-0.05, 0) is 38.5 Å². The summed E-state index contributed by atoms with van der Waals surface area (Å²) in [6.07, 6.45) is 0.351. The van der Waals surface area contributed by atoms with Gasteiger partial charge in [0.1, 0.15) is 0 Å². The molecule has 0 spiro atoms. The van der Waals surface area contributed by atoms with E-state index in [4.69, 9.17) is 9.47 Å². The summed E-state index contributed by atoms with van der Waals surface area (Å²) in [5, 5.41) is 2.94. The number of carbonyl (C=O) groups excluding carboxylic acids is 2. The highest BCUT2D eigenvalue weighted by atomic mass is 16.5. The zero-order chi connectivity index (χ0) is 19.6. The lowest BCUT2D eigenvalue weighted by atomic mass is 10.1. The number of hydrogen-bond donors (Lipinski definition) is 1. The van der Waals surface area contributed by atoms with E-state index in [9.17, 15) is 9.59 Å². The molecular formula is C22H27NO4. The number of amides is 1. The number of benzene rings is 2. The van der Waals surface area contributed by atoms with Gasteiger partial charge in [0.25, 0.3) is 0 Å². The van der Waals surface area contributed by atoms with Gasteiger partial charge in [-0.3, -0.25) is 9.59 Å². The van der Waals surface area contributed by atoms with Gasteiger partial charge in [-0.1, -0.05) is 36.4 Å². The van der Waals surface area contributed by atoms with E-state index in [0.717, 1.165) is 5.56 Å². The summed E-state index contributed by atoms with van der Waals surface area (Å²) in [6, 6.07) is 14.5. The van der Waals surface area contributed by atoms with Crippen LogP contribution in [0.15, 0.2) is 48.5 Å². The third-order valence-electron chi connectivity index (χ3n) is 4.12. The summed E-state index contributed by atoms with van der Waals surface area (Å²) >= 11 is 0. The molecule has 1 N–H and O–H groups in total. The molecule has 2 rings (SSSR count). The molecule has 0 heterocycles. The van der Waals surface area contributed by atoms with Crippen molar-refractivity contribution in [2.75, 3.05) is 13.2 Å². The highest BCUT2D eigenvalue weighted by Crippen LogP contribution is 2.30. The first kappa shape index (κ1) is 20.5. The Morgan fingerprint density at radius 3 is 2.26 bits per heavy atom. The smallest absolute Gasteiger partial charge is 0.220 e. The molecule has 0 saturated carbocycles. The molecule has 144 valence electrons. The van der Waals surface area contributed by atoms with Crippen LogP contribution in [0.5, 0.6) is 11.5 Å². The fraction of sp³-hybridized carbons (Fsp3) is 0.364. The van der Waals surface area contributed by atoms with Crippen molar-refractivity contribution in [2.24, 2.45) is 0 Å². The lowest BCUT2D eigenvalue weighted by molar-refractivity contribution is -0.121. The van der Waals surface area contributed by atoms with Gasteiger partial charge < -0.3 is 14.8 Å². The van der Waals surface area contributed by atoms with Crippen LogP contribution in [0.25, 0.3) is 0 Å². The Morgan fingerprint density at radius 2 is 1.59 bits per heavy atom. The maximum Gasteiger partial charge on any atom is 0.220 e. The summed E-state index contributed by atoms with van der Waals surface area (Å²) in [5.74, 6) is 1.17. The summed E-state index contributed by atoms with van der Waals surface area (Å²) in [4.78, 5) is 24.3. The number of carbonyl (C=O) groups is 2. The van der Waals surface area contributed by atoms with Crippen LogP contribution >= 0.6 is 0 Å². The molecule has 1 amide bonds. The van der Waals surface area contributed by atoms with Gasteiger partial charge in [0.15, 0.2) is 17.3 Å². The molecule has 0 saturated heterocycles. The van der Waals surface area contributed by atoms with Gasteiger partial charge in [-0.25, -0.2) is 0 Å². The van der Waals surface area contributed by atoms with E-state index in [0.29, 0.717) is 30.3 Å². The summed E-state index contributed by atoms with van der Waals surface area (Å²) in [6.45, 7) is 6.83. The average Bonchev–Trinajstić information content (AvgIpc) is 2.68. The lowest BCUT2D eigenvalue weighted by Crippen LogP contribution is -2.27. The number of ether oxygens (including phenoxy) is 2. The molecule has 0 aliphatic carbocycles. The van der Waals surface area contributed by atoms with Gasteiger partial charge in [0.2, 0.25) is 5.91 Å². The zero-order valence-corrected chi connectivity index (χ0v) is 16.2. The van der Waals surface area contributed by atoms with Crippen molar-refractivity contribution in [2.45, 2.75) is 39.7 Å². The molecule has 2 aromatic carbocycles. The molecule has 2 aromatic rings. The van der Waals surface area contributed by atoms with Gasteiger partial charge in [0, 0.05) is 18.4 Å². The molecule has 5 heteroatoms. The van der Waals surface area contributed by atoms with Crippen molar-refractivity contribution >= 4 is 11.7 Å². The van der Waals surface area contributed by atoms with E-state index in [-0.39, 0.29) is 30.6 Å². The topological polar surface area (TPSA) is 64.6 Å². The van der Waals surface area contributed by atoms with E-state index >= 15 is 0 Å². The first-order chi connectivity index (χ1) is 13.0. The average molecular weight is 369 g/mol. The first-order valence-corrected chi connectivity index (χ1v) is 9.32. The van der Waals surface area contributed by atoms with Crippen molar-refractivity contribution in [3.63, 3.8) is 0 Å². The second-order valence-electron chi connectivity index (χ2n) is 6.15. The maximum atomic E-state index is 12.2. The molecule has 27 heavy (non-hydrogen) atoms. The largest absolute Gasteiger partial charge is 0.490 e. The van der Waals surface area contributed by atoms with Crippen LogP contribution < -0.4 is 14.8 Å². The standard InChI is InChI=1S/C22H27NO4/c1-4-26-20-13-11-18(15-21(20)27-5-2)16(3)23-22(25)14-12-19(24)17-9-7-6-8-10-17/h6-11,13,15-16H,4-5,12,14H2,1-3H3,(H,23,25)/t16-/m0/s1. The van der Waals surface area contributed by atoms with Crippen molar-refractivity contribution in [1.82, 2.24) is 5.32 Å². The van der Waals surface area contributed by atoms with Crippen LogP contribution in [-0.4, -0.2) is 24.9 Å². The van der Waals surface area contributed by atoms with Gasteiger partial charge in [-0.2, -0.15) is 0 Å². The van der Waals surface area contributed by atoms with Crippen LogP contribution in [0.2, 0.25) is 0 Å². The summed E-state index contributed by atoms with van der Waals surface area (Å²) in [5.41, 5.74) is 1.55. The van der Waals surface area contributed by atoms with E-state index in [1.807, 2.05) is 57.2 Å². The van der Waals surface area contributed by atoms with Gasteiger partial charge in [0.05, 0.1) is 19.3 Å². The van der Waals surface area contributed by atoms with E-state index in [1.54, 1.807) is 12.1 Å². The van der Waals surface area contributed by atoms with Crippen molar-refractivity contribution in [3.05, 3.63) is 59.7 Å². The van der Waals surface area contributed by atoms with Gasteiger partial charge in [-0.15, -0.1) is 0 Å². The van der Waals surface area contributed by atoms with E-state index in [2.05, 4.69) is 5.32 Å². The summed E-state index contributed by atoms with van der Waals surface area (Å²) < 4.78 is 11.2. The van der Waals surface area contributed by atoms with Crippen LogP contribution in [0.1, 0.15) is 55.6 Å². The molecule has 0 aliphatic heterocycles. The minimum Gasteiger partial charge on any atom is -0.490 e. The fourth-order valence-electron chi connectivity index (χ4n) is 2.73. The number of hydrogen-bond acceptors (Lipinski definition) is 4. The second-order valence-corrected chi connectivity index (χ2v) is 6.15. The molecule has 1 atom stereocenters. The van der Waals surface area contributed by atoms with Crippen LogP contribution in [0, 0.1) is 0 Å². The predicted octanol–water partition coefficient (Wildman–Crippen LogP) is 4.32. The monoisotopic (exact) mass is 369 g/mol. The van der Waals surface area contributed by atoms with Crippen LogP contribution in [-0.2, 0) is 4.79 Å². The zero-order valence-electron chi connectivity index (χ0n) is 16.2. The third-order valence-corrected chi connectivity index (χ3v) is 4.12. The van der Waals surface area contributed by atoms with Crippen molar-refractivity contribution in [1.29, 1.82) is 0 Å². The molecule has 5 nitrogen and oxygen atoms in total. The molecular weight excluding hydrogens is 342 g/mol. The maximum absolute atomic E-state index is 12.2. The van der Waals surface area contributed by atoms with Gasteiger partial charge >= 0.3 is 0 Å². The lowest BCUT2D eigenvalue weighted by Gasteiger charge is -2.17. The first-order valence-electron chi connectivity index (χ1n) is 9.32. The van der Waals surface area contributed by atoms with Crippen LogP contribution in [0.4, 0.5) is 0 Å². The van der Waals surface area contributed by atoms with Crippen molar-refractivity contribution in [3.8, 4) is 11.5 Å². The SMILES string of the molecule is CCOc1ccc([C@H](C)NC(=O)CCC(=O)c2ccccc2)cc1OCC. The second kappa shape index (κ2) is 10.4. The fourth-order valence-corrected chi connectivity index (χ4v) is 2.73. The van der Waals surface area contributed by atoms with E-state index in [1.165, 1.54) is 0 Å². The number of rotatable bonds is 10. The minimum atomic E-state index is -0.195. The number of Topliss-reactive ketones (excluding diaryl/α,β-unsaturated/α-hetero) is 1. The number of ketones is 1. The Bertz CT molecular complexity index is 758. The molecule has 0 unspecified atom stereocenters. The highest BCUT2D eigenvalue weighted by Gasteiger charge is 2.14. The van der Waals surface area contributed by atoms with E-state index < -0.39 is 0 Å². The molecule has 0 aromatic heterocycles. The third kappa shape index (κ3) is 6.13. The Hall–Kier alpha value is -2.82. The predicted molar refractivity (Wildman–Crippen MR) is 105 cm³/mol. The Kier molecular flexibility index (Phi) is 7.86. The van der Waals surface area contributed by atoms with Crippen molar-refractivity contribution < 1.29 is 19.1 Å². The Morgan fingerprint density at radius 1 is 0.926 bits per heavy atom. The minimum absolute atomic E-state index is 0.0295. The molecule has 0 aliphatic rings. The quantitative estimate of drug-likeness (QED) is 0.633. The highest BCUT2D eigenvalue weighted by molar-refractivity contribution is 5.97. The molecule has 0 radical (unpaired) electrons. The normalized spacial score (nSPS) is 11.5. The number of nitrogens with one attached hydrogen (secondary N) is 1. The van der Waals surface area contributed by atoms with Crippen LogP contribution in [0.3, 0.4) is 0 Å². The summed E-state index contributed by atoms with van der Waals surface area (Å²) in [7, 11) is 0. The molecule has 0 bridgehead atoms.